The minimum absolute atomic E-state index is 0.0293. The van der Waals surface area contributed by atoms with E-state index in [0.29, 0.717) is 0 Å². The van der Waals surface area contributed by atoms with Crippen LogP contribution < -0.4 is 11.5 Å². The van der Waals surface area contributed by atoms with E-state index in [2.05, 4.69) is 0 Å². The minimum atomic E-state index is -3.81. The zero-order valence-electron chi connectivity index (χ0n) is 17.4. The highest BCUT2D eigenvalue weighted by Crippen LogP contribution is 2.19. The third-order valence-corrected chi connectivity index (χ3v) is 8.50. The molecule has 0 amide bonds. The van der Waals surface area contributed by atoms with Crippen LogP contribution in [-0.4, -0.2) is 64.7 Å². The number of hydrogen-bond acceptors (Lipinski definition) is 6. The molecule has 0 spiro atoms. The molecule has 4 N–H and O–H groups in total. The molecule has 0 atom stereocenters. The normalized spacial score (nSPS) is 12.6. The lowest BCUT2D eigenvalue weighted by Gasteiger charge is -2.26. The van der Waals surface area contributed by atoms with E-state index < -0.39 is 20.0 Å². The number of nitrogens with two attached hydrogens (primary N) is 2. The zero-order chi connectivity index (χ0) is 22.4. The summed E-state index contributed by atoms with van der Waals surface area (Å²) in [5, 5.41) is 0. The van der Waals surface area contributed by atoms with Crippen molar-refractivity contribution in [3.05, 3.63) is 59.7 Å². The van der Waals surface area contributed by atoms with Crippen LogP contribution in [0.25, 0.3) is 0 Å². The molecular weight excluding hydrogens is 424 g/mol. The highest BCUT2D eigenvalue weighted by Gasteiger charge is 2.28. The van der Waals surface area contributed by atoms with Gasteiger partial charge < -0.3 is 11.5 Å². The van der Waals surface area contributed by atoms with Crippen LogP contribution in [0.4, 0.5) is 0 Å². The molecule has 8 nitrogen and oxygen atoms in total. The molecule has 10 heteroatoms. The summed E-state index contributed by atoms with van der Waals surface area (Å²) < 4.78 is 54.6. The Balaban J connectivity index is 2.26. The molecule has 2 rings (SSSR count). The van der Waals surface area contributed by atoms with Crippen molar-refractivity contribution in [1.29, 1.82) is 0 Å². The number of hydrogen-bond donors (Lipinski definition) is 2. The molecule has 0 saturated heterocycles. The second kappa shape index (κ2) is 10.5. The van der Waals surface area contributed by atoms with Gasteiger partial charge in [0, 0.05) is 39.3 Å². The van der Waals surface area contributed by atoms with Crippen LogP contribution in [0.2, 0.25) is 0 Å². The summed E-state index contributed by atoms with van der Waals surface area (Å²) in [7, 11) is -7.61. The Labute approximate surface area is 179 Å². The van der Waals surface area contributed by atoms with Gasteiger partial charge in [0.1, 0.15) is 0 Å². The van der Waals surface area contributed by atoms with Crippen LogP contribution in [0.1, 0.15) is 11.1 Å². The Morgan fingerprint density at radius 2 is 0.900 bits per heavy atom. The van der Waals surface area contributed by atoms with Gasteiger partial charge in [0.25, 0.3) is 0 Å². The smallest absolute Gasteiger partial charge is 0.243 e. The Morgan fingerprint density at radius 3 is 1.17 bits per heavy atom. The first-order chi connectivity index (χ1) is 14.1. The fourth-order valence-corrected chi connectivity index (χ4v) is 5.83. The molecule has 166 valence electrons. The molecule has 0 fully saturated rings. The molecule has 0 saturated carbocycles. The van der Waals surface area contributed by atoms with Gasteiger partial charge in [-0.2, -0.15) is 8.61 Å². The first-order valence-corrected chi connectivity index (χ1v) is 12.5. The van der Waals surface area contributed by atoms with Crippen molar-refractivity contribution in [3.8, 4) is 0 Å². The van der Waals surface area contributed by atoms with E-state index in [1.165, 1.54) is 32.9 Å². The largest absolute Gasteiger partial charge is 0.329 e. The highest BCUT2D eigenvalue weighted by molar-refractivity contribution is 7.89. The number of benzene rings is 2. The van der Waals surface area contributed by atoms with Crippen LogP contribution in [0.15, 0.2) is 58.3 Å². The summed E-state index contributed by atoms with van der Waals surface area (Å²) in [6, 6.07) is 13.0. The third kappa shape index (κ3) is 5.87. The Bertz CT molecular complexity index is 936. The summed E-state index contributed by atoms with van der Waals surface area (Å²) in [4.78, 5) is 0.293. The summed E-state index contributed by atoms with van der Waals surface area (Å²) in [6.45, 7) is 4.08. The van der Waals surface area contributed by atoms with Gasteiger partial charge in [-0.05, 0) is 38.1 Å². The van der Waals surface area contributed by atoms with Gasteiger partial charge in [-0.15, -0.1) is 0 Å². The van der Waals surface area contributed by atoms with Crippen LogP contribution in [0, 0.1) is 13.8 Å². The van der Waals surface area contributed by atoms with Crippen molar-refractivity contribution < 1.29 is 16.8 Å². The van der Waals surface area contributed by atoms with E-state index in [4.69, 9.17) is 11.5 Å². The van der Waals surface area contributed by atoms with E-state index >= 15 is 0 Å². The summed E-state index contributed by atoms with van der Waals surface area (Å²) in [5.74, 6) is 0. The van der Waals surface area contributed by atoms with E-state index in [9.17, 15) is 16.8 Å². The standard InChI is InChI=1S/C20H30N4O4S2/c1-17-3-7-19(8-4-17)29(25,26)23(13-11-21)15-16-24(14-12-22)30(27,28)20-9-5-18(2)6-10-20/h3-10H,11-16,21-22H2,1-2H3. The van der Waals surface area contributed by atoms with Crippen molar-refractivity contribution in [2.75, 3.05) is 39.3 Å². The van der Waals surface area contributed by atoms with E-state index in [1.54, 1.807) is 24.3 Å². The monoisotopic (exact) mass is 454 g/mol. The fraction of sp³-hybridized carbons (Fsp3) is 0.400. The number of sulfonamides is 2. The van der Waals surface area contributed by atoms with Crippen molar-refractivity contribution in [3.63, 3.8) is 0 Å². The number of aryl methyl sites for hydroxylation is 2. The molecule has 0 aromatic heterocycles. The predicted molar refractivity (Wildman–Crippen MR) is 118 cm³/mol. The maximum Gasteiger partial charge on any atom is 0.243 e. The van der Waals surface area contributed by atoms with Gasteiger partial charge in [0.15, 0.2) is 0 Å². The molecule has 2 aromatic rings. The second-order valence-corrected chi connectivity index (χ2v) is 10.9. The van der Waals surface area contributed by atoms with Gasteiger partial charge in [0.05, 0.1) is 9.79 Å². The number of nitrogens with zero attached hydrogens (tertiary/aromatic N) is 2. The van der Waals surface area contributed by atoms with Gasteiger partial charge in [0.2, 0.25) is 20.0 Å². The topological polar surface area (TPSA) is 127 Å². The average molecular weight is 455 g/mol. The Morgan fingerprint density at radius 1 is 0.600 bits per heavy atom. The summed E-state index contributed by atoms with van der Waals surface area (Å²) >= 11 is 0. The molecule has 0 radical (unpaired) electrons. The molecule has 0 aliphatic carbocycles. The zero-order valence-corrected chi connectivity index (χ0v) is 19.0. The Hall–Kier alpha value is -1.82. The lowest BCUT2D eigenvalue weighted by atomic mass is 10.2. The van der Waals surface area contributed by atoms with Crippen molar-refractivity contribution >= 4 is 20.0 Å². The summed E-state index contributed by atoms with van der Waals surface area (Å²) in [6.07, 6.45) is 0. The molecule has 2 aromatic carbocycles. The highest BCUT2D eigenvalue weighted by atomic mass is 32.2. The van der Waals surface area contributed by atoms with Gasteiger partial charge in [-0.3, -0.25) is 0 Å². The van der Waals surface area contributed by atoms with Gasteiger partial charge >= 0.3 is 0 Å². The molecule has 0 bridgehead atoms. The van der Waals surface area contributed by atoms with Crippen molar-refractivity contribution in [1.82, 2.24) is 8.61 Å². The van der Waals surface area contributed by atoms with Crippen LogP contribution in [0.5, 0.6) is 0 Å². The molecule has 0 unspecified atom stereocenters. The quantitative estimate of drug-likeness (QED) is 0.519. The van der Waals surface area contributed by atoms with E-state index in [0.717, 1.165) is 11.1 Å². The maximum atomic E-state index is 13.0. The van der Waals surface area contributed by atoms with Gasteiger partial charge in [-0.25, -0.2) is 16.8 Å². The van der Waals surface area contributed by atoms with Crippen molar-refractivity contribution in [2.24, 2.45) is 11.5 Å². The second-order valence-electron chi connectivity index (χ2n) is 7.01. The Kier molecular flexibility index (Phi) is 8.53. The van der Waals surface area contributed by atoms with E-state index in [1.807, 2.05) is 13.8 Å². The molecule has 0 heterocycles. The molecule has 30 heavy (non-hydrogen) atoms. The molecule has 0 aliphatic rings. The summed E-state index contributed by atoms with van der Waals surface area (Å²) in [5.41, 5.74) is 13.1. The van der Waals surface area contributed by atoms with E-state index in [-0.39, 0.29) is 49.1 Å². The van der Waals surface area contributed by atoms with Gasteiger partial charge in [-0.1, -0.05) is 35.4 Å². The molecular formula is C20H30N4O4S2. The lowest BCUT2D eigenvalue weighted by Crippen LogP contribution is -2.44. The average Bonchev–Trinajstić information content (AvgIpc) is 2.70. The fourth-order valence-electron chi connectivity index (χ4n) is 2.93. The number of rotatable bonds is 11. The SMILES string of the molecule is Cc1ccc(S(=O)(=O)N(CCN)CCN(CCN)S(=O)(=O)c2ccc(C)cc2)cc1. The van der Waals surface area contributed by atoms with Crippen LogP contribution in [-0.2, 0) is 20.0 Å². The van der Waals surface area contributed by atoms with Crippen LogP contribution in [0.3, 0.4) is 0 Å². The third-order valence-electron chi connectivity index (χ3n) is 4.67. The first kappa shape index (κ1) is 24.4. The minimum Gasteiger partial charge on any atom is -0.329 e. The van der Waals surface area contributed by atoms with Crippen molar-refractivity contribution in [2.45, 2.75) is 23.6 Å². The molecule has 0 aliphatic heterocycles. The van der Waals surface area contributed by atoms with Crippen LogP contribution >= 0.6 is 0 Å². The maximum absolute atomic E-state index is 13.0. The predicted octanol–water partition coefficient (Wildman–Crippen LogP) is 0.902. The first-order valence-electron chi connectivity index (χ1n) is 9.66. The lowest BCUT2D eigenvalue weighted by molar-refractivity contribution is 0.351.